The second-order valence-corrected chi connectivity index (χ2v) is 3.59. The summed E-state index contributed by atoms with van der Waals surface area (Å²) in [6, 6.07) is 3.87. The first-order valence-corrected chi connectivity index (χ1v) is 5.17. The van der Waals surface area contributed by atoms with Crippen LogP contribution in [0.3, 0.4) is 0 Å². The van der Waals surface area contributed by atoms with Crippen LogP contribution in [0.4, 0.5) is 0 Å². The molecule has 1 heterocycles. The van der Waals surface area contributed by atoms with Gasteiger partial charge in [0.05, 0.1) is 0 Å². The highest BCUT2D eigenvalue weighted by molar-refractivity contribution is 7.97. The topological polar surface area (TPSA) is 38.9 Å². The zero-order valence-electron chi connectivity index (χ0n) is 6.66. The highest BCUT2D eigenvalue weighted by Gasteiger charge is 1.94. The van der Waals surface area contributed by atoms with E-state index in [1.807, 2.05) is 12.1 Å². The van der Waals surface area contributed by atoms with Gasteiger partial charge >= 0.3 is 0 Å². The van der Waals surface area contributed by atoms with E-state index in [4.69, 9.17) is 16.7 Å². The van der Waals surface area contributed by atoms with E-state index in [2.05, 4.69) is 4.98 Å². The molecule has 4 heteroatoms. The van der Waals surface area contributed by atoms with Crippen LogP contribution in [-0.2, 0) is 6.42 Å². The van der Waals surface area contributed by atoms with Crippen LogP contribution in [0.2, 0.25) is 5.15 Å². The molecule has 0 amide bonds. The number of pyridine rings is 1. The number of nitrogens with two attached hydrogens (primary N) is 1. The molecule has 0 saturated carbocycles. The minimum Gasteiger partial charge on any atom is -0.278 e. The molecule has 66 valence electrons. The summed E-state index contributed by atoms with van der Waals surface area (Å²) in [4.78, 5) is 3.90. The van der Waals surface area contributed by atoms with Gasteiger partial charge in [0.15, 0.2) is 0 Å². The molecular formula is C8H11ClN2S. The maximum Gasteiger partial charge on any atom is 0.129 e. The van der Waals surface area contributed by atoms with E-state index in [-0.39, 0.29) is 0 Å². The first-order chi connectivity index (χ1) is 5.83. The Morgan fingerprint density at radius 3 is 3.08 bits per heavy atom. The van der Waals surface area contributed by atoms with Crippen molar-refractivity contribution in [3.8, 4) is 0 Å². The molecule has 0 fully saturated rings. The number of hydrogen-bond acceptors (Lipinski definition) is 3. The molecule has 0 saturated heterocycles. The summed E-state index contributed by atoms with van der Waals surface area (Å²) in [7, 11) is 0. The molecule has 0 radical (unpaired) electrons. The molecule has 0 aromatic carbocycles. The van der Waals surface area contributed by atoms with Crippen molar-refractivity contribution in [3.05, 3.63) is 29.0 Å². The maximum absolute atomic E-state index is 5.72. The van der Waals surface area contributed by atoms with Crippen LogP contribution in [0.5, 0.6) is 0 Å². The average Bonchev–Trinajstić information content (AvgIpc) is 2.05. The van der Waals surface area contributed by atoms with E-state index in [1.165, 1.54) is 17.5 Å². The van der Waals surface area contributed by atoms with Crippen LogP contribution in [0.1, 0.15) is 12.0 Å². The molecule has 12 heavy (non-hydrogen) atoms. The summed E-state index contributed by atoms with van der Waals surface area (Å²) in [6.07, 6.45) is 3.83. The molecular weight excluding hydrogens is 192 g/mol. The molecule has 1 rings (SSSR count). The van der Waals surface area contributed by atoms with Gasteiger partial charge in [0, 0.05) is 11.9 Å². The van der Waals surface area contributed by atoms with Gasteiger partial charge in [0.1, 0.15) is 5.15 Å². The molecule has 0 aliphatic carbocycles. The van der Waals surface area contributed by atoms with Gasteiger partial charge in [-0.05, 0) is 30.5 Å². The summed E-state index contributed by atoms with van der Waals surface area (Å²) in [5.74, 6) is 0.986. The van der Waals surface area contributed by atoms with Crippen molar-refractivity contribution in [1.29, 1.82) is 0 Å². The summed E-state index contributed by atoms with van der Waals surface area (Å²) < 4.78 is 0. The summed E-state index contributed by atoms with van der Waals surface area (Å²) in [5, 5.41) is 5.86. The third-order valence-electron chi connectivity index (χ3n) is 1.52. The molecule has 0 spiro atoms. The van der Waals surface area contributed by atoms with Crippen molar-refractivity contribution in [2.75, 3.05) is 5.75 Å². The van der Waals surface area contributed by atoms with Gasteiger partial charge in [-0.3, -0.25) is 5.14 Å². The van der Waals surface area contributed by atoms with Crippen molar-refractivity contribution < 1.29 is 0 Å². The van der Waals surface area contributed by atoms with E-state index in [1.54, 1.807) is 6.20 Å². The summed E-state index contributed by atoms with van der Waals surface area (Å²) in [6.45, 7) is 0. The molecule has 1 aromatic rings. The molecule has 0 unspecified atom stereocenters. The van der Waals surface area contributed by atoms with E-state index < -0.39 is 0 Å². The second kappa shape index (κ2) is 5.41. The van der Waals surface area contributed by atoms with Crippen LogP contribution in [0.25, 0.3) is 0 Å². The average molecular weight is 203 g/mol. The smallest absolute Gasteiger partial charge is 0.129 e. The lowest BCUT2D eigenvalue weighted by molar-refractivity contribution is 0.930. The highest BCUT2D eigenvalue weighted by Crippen LogP contribution is 2.09. The number of hydrogen-bond donors (Lipinski definition) is 1. The molecule has 0 aliphatic heterocycles. The predicted octanol–water partition coefficient (Wildman–Crippen LogP) is 2.27. The van der Waals surface area contributed by atoms with Crippen molar-refractivity contribution in [2.45, 2.75) is 12.8 Å². The fraction of sp³-hybridized carbons (Fsp3) is 0.375. The largest absolute Gasteiger partial charge is 0.278 e. The molecule has 0 bridgehead atoms. The minimum absolute atomic E-state index is 0.563. The van der Waals surface area contributed by atoms with Crippen molar-refractivity contribution in [3.63, 3.8) is 0 Å². The highest BCUT2D eigenvalue weighted by atomic mass is 35.5. The quantitative estimate of drug-likeness (QED) is 0.463. The maximum atomic E-state index is 5.72. The summed E-state index contributed by atoms with van der Waals surface area (Å²) >= 11 is 7.09. The van der Waals surface area contributed by atoms with Gasteiger partial charge in [-0.15, -0.1) is 0 Å². The monoisotopic (exact) mass is 202 g/mol. The van der Waals surface area contributed by atoms with E-state index in [0.29, 0.717) is 5.15 Å². The third kappa shape index (κ3) is 3.43. The molecule has 1 aromatic heterocycles. The lowest BCUT2D eigenvalue weighted by atomic mass is 10.2. The molecule has 2 nitrogen and oxygen atoms in total. The number of halogens is 1. The molecule has 0 atom stereocenters. The van der Waals surface area contributed by atoms with E-state index >= 15 is 0 Å². The normalized spacial score (nSPS) is 10.2. The van der Waals surface area contributed by atoms with E-state index in [0.717, 1.165) is 18.6 Å². The Morgan fingerprint density at radius 1 is 1.58 bits per heavy atom. The lowest BCUT2D eigenvalue weighted by Gasteiger charge is -1.99. The Labute approximate surface area is 81.6 Å². The fourth-order valence-corrected chi connectivity index (χ4v) is 1.47. The Morgan fingerprint density at radius 2 is 2.42 bits per heavy atom. The van der Waals surface area contributed by atoms with Crippen molar-refractivity contribution in [2.24, 2.45) is 5.14 Å². The Hall–Kier alpha value is -0.250. The SMILES string of the molecule is NSCCCc1ccnc(Cl)c1. The van der Waals surface area contributed by atoms with Crippen LogP contribution >= 0.6 is 23.5 Å². The van der Waals surface area contributed by atoms with Crippen molar-refractivity contribution in [1.82, 2.24) is 4.98 Å². The Balaban J connectivity index is 2.41. The number of aryl methyl sites for hydroxylation is 1. The lowest BCUT2D eigenvalue weighted by Crippen LogP contribution is -1.90. The van der Waals surface area contributed by atoms with Gasteiger partial charge in [-0.1, -0.05) is 23.5 Å². The zero-order chi connectivity index (χ0) is 8.81. The Kier molecular flexibility index (Phi) is 4.43. The van der Waals surface area contributed by atoms with Crippen LogP contribution in [-0.4, -0.2) is 10.7 Å². The van der Waals surface area contributed by atoms with Gasteiger partial charge in [0.25, 0.3) is 0 Å². The van der Waals surface area contributed by atoms with Gasteiger partial charge in [-0.25, -0.2) is 4.98 Å². The minimum atomic E-state index is 0.563. The van der Waals surface area contributed by atoms with Gasteiger partial charge in [-0.2, -0.15) is 0 Å². The standard InChI is InChI=1S/C8H11ClN2S/c9-8-6-7(3-4-11-8)2-1-5-12-10/h3-4,6H,1-2,5,10H2. The number of aromatic nitrogens is 1. The van der Waals surface area contributed by atoms with Gasteiger partial charge in [0.2, 0.25) is 0 Å². The van der Waals surface area contributed by atoms with Crippen LogP contribution in [0.15, 0.2) is 18.3 Å². The Bertz CT molecular complexity index is 242. The van der Waals surface area contributed by atoms with Crippen molar-refractivity contribution >= 4 is 23.5 Å². The summed E-state index contributed by atoms with van der Waals surface area (Å²) in [5.41, 5.74) is 1.23. The first-order valence-electron chi connectivity index (χ1n) is 3.75. The number of rotatable bonds is 4. The zero-order valence-corrected chi connectivity index (χ0v) is 8.24. The second-order valence-electron chi connectivity index (χ2n) is 2.46. The van der Waals surface area contributed by atoms with E-state index in [9.17, 15) is 0 Å². The molecule has 2 N–H and O–H groups in total. The molecule has 0 aliphatic rings. The first kappa shape index (κ1) is 9.84. The fourth-order valence-electron chi connectivity index (χ4n) is 0.958. The van der Waals surface area contributed by atoms with Gasteiger partial charge < -0.3 is 0 Å². The van der Waals surface area contributed by atoms with Crippen LogP contribution < -0.4 is 5.14 Å². The van der Waals surface area contributed by atoms with Crippen LogP contribution in [0, 0.1) is 0 Å². The predicted molar refractivity (Wildman–Crippen MR) is 54.2 cm³/mol. The third-order valence-corrected chi connectivity index (χ3v) is 2.25. The number of nitrogens with zero attached hydrogens (tertiary/aromatic N) is 1.